The molecule has 1 N–H and O–H groups in total. The minimum absolute atomic E-state index is 0.333. The molecular weight excluding hydrogens is 346 g/mol. The zero-order valence-corrected chi connectivity index (χ0v) is 17.2. The van der Waals surface area contributed by atoms with E-state index in [0.29, 0.717) is 6.54 Å². The molecule has 0 bridgehead atoms. The van der Waals surface area contributed by atoms with Crippen LogP contribution in [-0.4, -0.2) is 75.0 Å². The van der Waals surface area contributed by atoms with Gasteiger partial charge in [0, 0.05) is 39.8 Å². The Morgan fingerprint density at radius 1 is 1.30 bits per heavy atom. The summed E-state index contributed by atoms with van der Waals surface area (Å²) in [7, 11) is 3.40. The van der Waals surface area contributed by atoms with E-state index in [-0.39, 0.29) is 6.09 Å². The number of hydrogen-bond donors (Lipinski definition) is 1. The van der Waals surface area contributed by atoms with Gasteiger partial charge in [0.25, 0.3) is 0 Å². The molecule has 1 aliphatic heterocycles. The lowest BCUT2D eigenvalue weighted by atomic mass is 10.1. The van der Waals surface area contributed by atoms with Gasteiger partial charge in [-0.3, -0.25) is 4.90 Å². The number of morpholine rings is 1. The molecule has 0 spiro atoms. The van der Waals surface area contributed by atoms with Crippen LogP contribution in [0.15, 0.2) is 18.2 Å². The van der Waals surface area contributed by atoms with Gasteiger partial charge < -0.3 is 24.4 Å². The number of ether oxygens (including phenoxy) is 3. The van der Waals surface area contributed by atoms with E-state index in [1.54, 1.807) is 19.1 Å². The van der Waals surface area contributed by atoms with Crippen LogP contribution < -0.4 is 10.1 Å². The van der Waals surface area contributed by atoms with Gasteiger partial charge in [0.15, 0.2) is 0 Å². The van der Waals surface area contributed by atoms with Gasteiger partial charge in [-0.15, -0.1) is 0 Å². The van der Waals surface area contributed by atoms with Crippen molar-refractivity contribution in [1.82, 2.24) is 9.80 Å². The number of methoxy groups -OCH3 is 1. The van der Waals surface area contributed by atoms with Crippen molar-refractivity contribution in [2.45, 2.75) is 32.9 Å². The van der Waals surface area contributed by atoms with Crippen LogP contribution in [0.3, 0.4) is 0 Å². The summed E-state index contributed by atoms with van der Waals surface area (Å²) in [5.41, 5.74) is 1.44. The molecular formula is C20H33N3O4. The highest BCUT2D eigenvalue weighted by Crippen LogP contribution is 2.26. The maximum Gasteiger partial charge on any atom is 0.410 e. The Morgan fingerprint density at radius 2 is 2.00 bits per heavy atom. The fourth-order valence-corrected chi connectivity index (χ4v) is 2.84. The number of hydrogen-bond acceptors (Lipinski definition) is 6. The molecule has 0 atom stereocenters. The molecule has 1 saturated heterocycles. The summed E-state index contributed by atoms with van der Waals surface area (Å²) >= 11 is 0. The molecule has 1 fully saturated rings. The van der Waals surface area contributed by atoms with E-state index in [0.717, 1.165) is 56.4 Å². The Labute approximate surface area is 162 Å². The molecule has 2 rings (SSSR count). The van der Waals surface area contributed by atoms with Gasteiger partial charge in [0.05, 0.1) is 26.0 Å². The molecule has 0 radical (unpaired) electrons. The van der Waals surface area contributed by atoms with Crippen molar-refractivity contribution in [2.24, 2.45) is 0 Å². The summed E-state index contributed by atoms with van der Waals surface area (Å²) in [5.74, 6) is 0.792. The standard InChI is InChI=1S/C20H33N3O4/c1-20(2,3)27-19(24)22(4)15-16-6-7-18(25-5)17(14-16)21-8-9-23-10-12-26-13-11-23/h6-7,14,21H,8-13,15H2,1-5H3. The number of carbonyl (C=O) groups excluding carboxylic acids is 1. The van der Waals surface area contributed by atoms with Gasteiger partial charge in [0.1, 0.15) is 11.4 Å². The fraction of sp³-hybridized carbons (Fsp3) is 0.650. The number of nitrogens with one attached hydrogen (secondary N) is 1. The average Bonchev–Trinajstić information content (AvgIpc) is 2.61. The first kappa shape index (κ1) is 21.3. The molecule has 1 amide bonds. The van der Waals surface area contributed by atoms with Gasteiger partial charge in [-0.25, -0.2) is 4.79 Å². The second kappa shape index (κ2) is 9.80. The van der Waals surface area contributed by atoms with E-state index in [1.165, 1.54) is 0 Å². The van der Waals surface area contributed by atoms with Crippen molar-refractivity contribution in [2.75, 3.05) is 58.9 Å². The molecule has 0 aliphatic carbocycles. The van der Waals surface area contributed by atoms with Crippen LogP contribution >= 0.6 is 0 Å². The molecule has 1 aromatic rings. The average molecular weight is 380 g/mol. The highest BCUT2D eigenvalue weighted by atomic mass is 16.6. The van der Waals surface area contributed by atoms with E-state index < -0.39 is 5.60 Å². The Balaban J connectivity index is 1.93. The molecule has 0 aromatic heterocycles. The first-order chi connectivity index (χ1) is 12.8. The highest BCUT2D eigenvalue weighted by Gasteiger charge is 2.20. The summed E-state index contributed by atoms with van der Waals surface area (Å²) in [4.78, 5) is 16.1. The Morgan fingerprint density at radius 3 is 2.63 bits per heavy atom. The monoisotopic (exact) mass is 379 g/mol. The van der Waals surface area contributed by atoms with Crippen LogP contribution in [0.1, 0.15) is 26.3 Å². The lowest BCUT2D eigenvalue weighted by Crippen LogP contribution is -2.39. The number of nitrogens with zero attached hydrogens (tertiary/aromatic N) is 2. The predicted molar refractivity (Wildman–Crippen MR) is 106 cm³/mol. The summed E-state index contributed by atoms with van der Waals surface area (Å²) in [6.07, 6.45) is -0.333. The third-order valence-electron chi connectivity index (χ3n) is 4.24. The quantitative estimate of drug-likeness (QED) is 0.786. The van der Waals surface area contributed by atoms with Gasteiger partial charge in [0.2, 0.25) is 0 Å². The maximum atomic E-state index is 12.2. The number of rotatable bonds is 7. The third-order valence-corrected chi connectivity index (χ3v) is 4.24. The summed E-state index contributed by atoms with van der Waals surface area (Å²) in [5, 5.41) is 3.45. The van der Waals surface area contributed by atoms with E-state index in [9.17, 15) is 4.79 Å². The smallest absolute Gasteiger partial charge is 0.410 e. The van der Waals surface area contributed by atoms with Crippen LogP contribution in [0.2, 0.25) is 0 Å². The topological polar surface area (TPSA) is 63.3 Å². The molecule has 0 unspecified atom stereocenters. The van der Waals surface area contributed by atoms with Crippen molar-refractivity contribution in [1.29, 1.82) is 0 Å². The van der Waals surface area contributed by atoms with Crippen LogP contribution in [0.5, 0.6) is 5.75 Å². The Bertz CT molecular complexity index is 610. The molecule has 1 aromatic carbocycles. The van der Waals surface area contributed by atoms with E-state index in [4.69, 9.17) is 14.2 Å². The number of benzene rings is 1. The number of anilines is 1. The van der Waals surface area contributed by atoms with Gasteiger partial charge in [-0.05, 0) is 38.5 Å². The second-order valence-electron chi connectivity index (χ2n) is 7.75. The Kier molecular flexibility index (Phi) is 7.74. The van der Waals surface area contributed by atoms with Gasteiger partial charge in [-0.2, -0.15) is 0 Å². The van der Waals surface area contributed by atoms with E-state index in [1.807, 2.05) is 39.0 Å². The van der Waals surface area contributed by atoms with Crippen molar-refractivity contribution in [3.8, 4) is 5.75 Å². The minimum Gasteiger partial charge on any atom is -0.495 e. The van der Waals surface area contributed by atoms with Crippen molar-refractivity contribution in [3.63, 3.8) is 0 Å². The molecule has 1 heterocycles. The lowest BCUT2D eigenvalue weighted by Gasteiger charge is -2.27. The molecule has 1 aliphatic rings. The van der Waals surface area contributed by atoms with E-state index >= 15 is 0 Å². The van der Waals surface area contributed by atoms with Gasteiger partial charge in [-0.1, -0.05) is 6.07 Å². The summed E-state index contributed by atoms with van der Waals surface area (Å²) < 4.78 is 16.2. The molecule has 152 valence electrons. The third kappa shape index (κ3) is 7.27. The lowest BCUT2D eigenvalue weighted by molar-refractivity contribution is 0.0285. The maximum absolute atomic E-state index is 12.2. The highest BCUT2D eigenvalue weighted by molar-refractivity contribution is 5.68. The first-order valence-corrected chi connectivity index (χ1v) is 9.43. The van der Waals surface area contributed by atoms with Crippen molar-refractivity contribution < 1.29 is 19.0 Å². The van der Waals surface area contributed by atoms with Crippen LogP contribution in [0.4, 0.5) is 10.5 Å². The van der Waals surface area contributed by atoms with Gasteiger partial charge >= 0.3 is 6.09 Å². The zero-order chi connectivity index (χ0) is 19.9. The Hall–Kier alpha value is -1.99. The molecule has 7 nitrogen and oxygen atoms in total. The normalized spacial score (nSPS) is 15.3. The van der Waals surface area contributed by atoms with Crippen molar-refractivity contribution >= 4 is 11.8 Å². The first-order valence-electron chi connectivity index (χ1n) is 9.43. The fourth-order valence-electron chi connectivity index (χ4n) is 2.84. The molecule has 0 saturated carbocycles. The second-order valence-corrected chi connectivity index (χ2v) is 7.75. The molecule has 7 heteroatoms. The van der Waals surface area contributed by atoms with Crippen LogP contribution in [0.25, 0.3) is 0 Å². The number of amides is 1. The summed E-state index contributed by atoms with van der Waals surface area (Å²) in [6.45, 7) is 11.4. The minimum atomic E-state index is -0.503. The molecule has 27 heavy (non-hydrogen) atoms. The van der Waals surface area contributed by atoms with Crippen LogP contribution in [-0.2, 0) is 16.0 Å². The SMILES string of the molecule is COc1ccc(CN(C)C(=O)OC(C)(C)C)cc1NCCN1CCOCC1. The van der Waals surface area contributed by atoms with E-state index in [2.05, 4.69) is 10.2 Å². The largest absolute Gasteiger partial charge is 0.495 e. The number of carbonyl (C=O) groups is 1. The summed E-state index contributed by atoms with van der Waals surface area (Å²) in [6, 6.07) is 5.92. The predicted octanol–water partition coefficient (Wildman–Crippen LogP) is 2.81. The zero-order valence-electron chi connectivity index (χ0n) is 17.2. The van der Waals surface area contributed by atoms with Crippen LogP contribution in [0, 0.1) is 0 Å². The van der Waals surface area contributed by atoms with Crippen molar-refractivity contribution in [3.05, 3.63) is 23.8 Å².